The topological polar surface area (TPSA) is 41.5 Å². The Bertz CT molecular complexity index is 124. The molecule has 2 atom stereocenters. The minimum absolute atomic E-state index is 0.136. The molecule has 1 saturated heterocycles. The van der Waals surface area contributed by atoms with Gasteiger partial charge in [0.05, 0.1) is 6.10 Å². The van der Waals surface area contributed by atoms with E-state index in [4.69, 9.17) is 4.74 Å². The van der Waals surface area contributed by atoms with Crippen LogP contribution in [0, 0.1) is 5.92 Å². The van der Waals surface area contributed by atoms with Crippen molar-refractivity contribution in [2.75, 3.05) is 26.8 Å². The van der Waals surface area contributed by atoms with Gasteiger partial charge in [0.2, 0.25) is 0 Å². The molecule has 13 heavy (non-hydrogen) atoms. The Hall–Kier alpha value is -0.120. The molecule has 1 fully saturated rings. The molecule has 0 radical (unpaired) electrons. The number of methoxy groups -OCH3 is 1. The number of hydrogen-bond acceptors (Lipinski definition) is 3. The summed E-state index contributed by atoms with van der Waals surface area (Å²) in [5.74, 6) is 0.464. The smallest absolute Gasteiger partial charge is 0.0581 e. The summed E-state index contributed by atoms with van der Waals surface area (Å²) in [7, 11) is 1.70. The summed E-state index contributed by atoms with van der Waals surface area (Å²) in [5.41, 5.74) is 0. The van der Waals surface area contributed by atoms with Crippen LogP contribution in [0.4, 0.5) is 0 Å². The van der Waals surface area contributed by atoms with Gasteiger partial charge in [-0.05, 0) is 38.1 Å². The van der Waals surface area contributed by atoms with Gasteiger partial charge in [-0.15, -0.1) is 0 Å². The van der Waals surface area contributed by atoms with Gasteiger partial charge in [0.15, 0.2) is 0 Å². The quantitative estimate of drug-likeness (QED) is 0.625. The highest BCUT2D eigenvalue weighted by Gasteiger charge is 2.20. The zero-order valence-corrected chi connectivity index (χ0v) is 8.46. The predicted octanol–water partition coefficient (Wildman–Crippen LogP) is 0.773. The monoisotopic (exact) mass is 187 g/mol. The third-order valence-electron chi connectivity index (χ3n) is 2.73. The van der Waals surface area contributed by atoms with Gasteiger partial charge in [0.25, 0.3) is 0 Å². The summed E-state index contributed by atoms with van der Waals surface area (Å²) in [4.78, 5) is 0. The minimum Gasteiger partial charge on any atom is -0.393 e. The van der Waals surface area contributed by atoms with Crippen molar-refractivity contribution in [2.24, 2.45) is 5.92 Å². The first kappa shape index (κ1) is 11.0. The second kappa shape index (κ2) is 6.35. The van der Waals surface area contributed by atoms with Gasteiger partial charge in [-0.3, -0.25) is 0 Å². The molecule has 1 rings (SSSR count). The summed E-state index contributed by atoms with van der Waals surface area (Å²) in [6.45, 7) is 2.85. The van der Waals surface area contributed by atoms with Crippen LogP contribution in [0.15, 0.2) is 0 Å². The van der Waals surface area contributed by atoms with Crippen molar-refractivity contribution in [2.45, 2.75) is 31.8 Å². The number of aliphatic hydroxyl groups is 1. The maximum Gasteiger partial charge on any atom is 0.0581 e. The van der Waals surface area contributed by atoms with Crippen molar-refractivity contribution in [1.82, 2.24) is 5.32 Å². The largest absolute Gasteiger partial charge is 0.393 e. The van der Waals surface area contributed by atoms with E-state index in [-0.39, 0.29) is 6.10 Å². The van der Waals surface area contributed by atoms with Gasteiger partial charge in [-0.2, -0.15) is 0 Å². The first-order valence-corrected chi connectivity index (χ1v) is 5.22. The molecule has 1 aliphatic rings. The molecular formula is C10H21NO2. The number of rotatable bonds is 5. The molecule has 0 bridgehead atoms. The summed E-state index contributed by atoms with van der Waals surface area (Å²) in [5, 5.41) is 13.1. The zero-order valence-electron chi connectivity index (χ0n) is 8.46. The van der Waals surface area contributed by atoms with Crippen molar-refractivity contribution in [3.63, 3.8) is 0 Å². The summed E-state index contributed by atoms with van der Waals surface area (Å²) in [6, 6.07) is 0. The second-order valence-electron chi connectivity index (χ2n) is 3.81. The van der Waals surface area contributed by atoms with Gasteiger partial charge in [-0.1, -0.05) is 0 Å². The molecule has 1 aliphatic heterocycles. The highest BCUT2D eigenvalue weighted by atomic mass is 16.5. The van der Waals surface area contributed by atoms with E-state index in [1.54, 1.807) is 7.11 Å². The fourth-order valence-corrected chi connectivity index (χ4v) is 1.88. The molecule has 0 aromatic carbocycles. The third-order valence-corrected chi connectivity index (χ3v) is 2.73. The van der Waals surface area contributed by atoms with Gasteiger partial charge < -0.3 is 15.2 Å². The summed E-state index contributed by atoms with van der Waals surface area (Å²) in [6.07, 6.45) is 4.07. The molecule has 0 aromatic heterocycles. The maximum absolute atomic E-state index is 9.81. The first-order valence-electron chi connectivity index (χ1n) is 5.22. The lowest BCUT2D eigenvalue weighted by molar-refractivity contribution is 0.0728. The van der Waals surface area contributed by atoms with Gasteiger partial charge >= 0.3 is 0 Å². The van der Waals surface area contributed by atoms with Crippen LogP contribution < -0.4 is 5.32 Å². The van der Waals surface area contributed by atoms with Crippen LogP contribution >= 0.6 is 0 Å². The Kier molecular flexibility index (Phi) is 5.35. The van der Waals surface area contributed by atoms with Crippen LogP contribution in [-0.2, 0) is 4.74 Å². The Balaban J connectivity index is 2.09. The number of piperidine rings is 1. The summed E-state index contributed by atoms with van der Waals surface area (Å²) < 4.78 is 4.95. The molecule has 1 heterocycles. The molecule has 3 nitrogen and oxygen atoms in total. The van der Waals surface area contributed by atoms with Crippen molar-refractivity contribution >= 4 is 0 Å². The highest BCUT2D eigenvalue weighted by Crippen LogP contribution is 2.17. The normalized spacial score (nSPS) is 25.8. The number of ether oxygens (including phenoxy) is 1. The summed E-state index contributed by atoms with van der Waals surface area (Å²) >= 11 is 0. The van der Waals surface area contributed by atoms with Gasteiger partial charge in [0, 0.05) is 20.3 Å². The van der Waals surface area contributed by atoms with Crippen LogP contribution in [0.5, 0.6) is 0 Å². The average Bonchev–Trinajstić information content (AvgIpc) is 2.19. The minimum atomic E-state index is -0.136. The van der Waals surface area contributed by atoms with Crippen LogP contribution in [0.1, 0.15) is 25.7 Å². The van der Waals surface area contributed by atoms with Gasteiger partial charge in [0.1, 0.15) is 0 Å². The first-order chi connectivity index (χ1) is 6.34. The van der Waals surface area contributed by atoms with E-state index in [9.17, 15) is 5.11 Å². The van der Waals surface area contributed by atoms with Crippen LogP contribution in [0.25, 0.3) is 0 Å². The van der Waals surface area contributed by atoms with Crippen molar-refractivity contribution in [1.29, 1.82) is 0 Å². The fraction of sp³-hybridized carbons (Fsp3) is 1.00. The average molecular weight is 187 g/mol. The van der Waals surface area contributed by atoms with E-state index >= 15 is 0 Å². The molecule has 0 aliphatic carbocycles. The Morgan fingerprint density at radius 2 is 2.46 bits per heavy atom. The van der Waals surface area contributed by atoms with Crippen molar-refractivity contribution in [3.8, 4) is 0 Å². The fourth-order valence-electron chi connectivity index (χ4n) is 1.88. The highest BCUT2D eigenvalue weighted by molar-refractivity contribution is 4.75. The molecule has 0 aromatic rings. The second-order valence-corrected chi connectivity index (χ2v) is 3.81. The molecule has 0 saturated carbocycles. The molecule has 2 N–H and O–H groups in total. The lowest BCUT2D eigenvalue weighted by atomic mass is 9.91. The Morgan fingerprint density at radius 1 is 1.62 bits per heavy atom. The van der Waals surface area contributed by atoms with Crippen LogP contribution in [-0.4, -0.2) is 38.0 Å². The van der Waals surface area contributed by atoms with E-state index in [0.29, 0.717) is 5.92 Å². The van der Waals surface area contributed by atoms with Crippen LogP contribution in [0.2, 0.25) is 0 Å². The lowest BCUT2D eigenvalue weighted by Gasteiger charge is -2.27. The number of hydrogen-bond donors (Lipinski definition) is 2. The van der Waals surface area contributed by atoms with E-state index in [2.05, 4.69) is 5.32 Å². The molecule has 3 heteroatoms. The molecule has 0 spiro atoms. The SMILES string of the molecule is COCCCC(O)C1CCCNC1. The third kappa shape index (κ3) is 4.07. The Morgan fingerprint density at radius 3 is 3.08 bits per heavy atom. The molecule has 2 unspecified atom stereocenters. The zero-order chi connectivity index (χ0) is 9.52. The van der Waals surface area contributed by atoms with E-state index in [1.165, 1.54) is 12.8 Å². The molecule has 78 valence electrons. The number of aliphatic hydroxyl groups excluding tert-OH is 1. The maximum atomic E-state index is 9.81. The lowest BCUT2D eigenvalue weighted by Crippen LogP contribution is -2.36. The Labute approximate surface area is 80.5 Å². The standard InChI is InChI=1S/C10H21NO2/c1-13-7-3-5-10(12)9-4-2-6-11-8-9/h9-12H,2-8H2,1H3. The molecular weight excluding hydrogens is 166 g/mol. The van der Waals surface area contributed by atoms with Crippen molar-refractivity contribution < 1.29 is 9.84 Å². The predicted molar refractivity (Wildman–Crippen MR) is 52.7 cm³/mol. The van der Waals surface area contributed by atoms with E-state index in [1.807, 2.05) is 0 Å². The molecule has 0 amide bonds. The van der Waals surface area contributed by atoms with E-state index in [0.717, 1.165) is 32.5 Å². The van der Waals surface area contributed by atoms with Crippen LogP contribution in [0.3, 0.4) is 0 Å². The number of nitrogens with one attached hydrogen (secondary N) is 1. The van der Waals surface area contributed by atoms with E-state index < -0.39 is 0 Å². The van der Waals surface area contributed by atoms with Gasteiger partial charge in [-0.25, -0.2) is 0 Å². The van der Waals surface area contributed by atoms with Crippen molar-refractivity contribution in [3.05, 3.63) is 0 Å².